The van der Waals surface area contributed by atoms with Crippen molar-refractivity contribution in [3.05, 3.63) is 0 Å². The van der Waals surface area contributed by atoms with E-state index in [1.54, 1.807) is 0 Å². The highest BCUT2D eigenvalue weighted by molar-refractivity contribution is 5.85. The van der Waals surface area contributed by atoms with E-state index in [9.17, 15) is 4.79 Å². The van der Waals surface area contributed by atoms with Gasteiger partial charge in [0.1, 0.15) is 5.78 Å². The Morgan fingerprint density at radius 3 is 2.27 bits per heavy atom. The van der Waals surface area contributed by atoms with Gasteiger partial charge in [-0.05, 0) is 25.7 Å². The first-order valence-electron chi connectivity index (χ1n) is 4.56. The Labute approximate surface area is 67.1 Å². The molecule has 62 valence electrons. The Kier molecular flexibility index (Phi) is 1.72. The van der Waals surface area contributed by atoms with Crippen molar-refractivity contribution in [3.8, 4) is 0 Å². The van der Waals surface area contributed by atoms with Gasteiger partial charge in [0.2, 0.25) is 0 Å². The Morgan fingerprint density at radius 2 is 1.73 bits per heavy atom. The van der Waals surface area contributed by atoms with Gasteiger partial charge in [-0.25, -0.2) is 0 Å². The molecule has 0 heterocycles. The summed E-state index contributed by atoms with van der Waals surface area (Å²) in [5.41, 5.74) is 5.84. The van der Waals surface area contributed by atoms with Crippen LogP contribution in [0.2, 0.25) is 0 Å². The van der Waals surface area contributed by atoms with Crippen LogP contribution < -0.4 is 5.73 Å². The number of fused-ring (bicyclic) bond motifs is 2. The molecule has 0 aromatic heterocycles. The summed E-state index contributed by atoms with van der Waals surface area (Å²) in [5, 5.41) is 0. The van der Waals surface area contributed by atoms with Crippen molar-refractivity contribution in [3.63, 3.8) is 0 Å². The second-order valence-corrected chi connectivity index (χ2v) is 3.96. The molecule has 0 unspecified atom stereocenters. The molecule has 2 rings (SSSR count). The highest BCUT2D eigenvalue weighted by Crippen LogP contribution is 2.36. The molecule has 2 atom stereocenters. The number of hydrogen-bond acceptors (Lipinski definition) is 2. The Balaban J connectivity index is 2.13. The first-order chi connectivity index (χ1) is 5.27. The van der Waals surface area contributed by atoms with E-state index in [0.717, 1.165) is 25.7 Å². The quantitative estimate of drug-likeness (QED) is 0.566. The summed E-state index contributed by atoms with van der Waals surface area (Å²) in [6.45, 7) is 0. The molecule has 0 amide bonds. The fraction of sp³-hybridized carbons (Fsp3) is 0.889. The lowest BCUT2D eigenvalue weighted by Gasteiger charge is -2.35. The number of hydrogen-bond donors (Lipinski definition) is 1. The predicted molar refractivity (Wildman–Crippen MR) is 43.0 cm³/mol. The van der Waals surface area contributed by atoms with Crippen LogP contribution >= 0.6 is 0 Å². The fourth-order valence-corrected chi connectivity index (χ4v) is 2.52. The molecule has 0 radical (unpaired) electrons. The van der Waals surface area contributed by atoms with Crippen molar-refractivity contribution in [1.82, 2.24) is 0 Å². The maximum atomic E-state index is 11.5. The zero-order valence-corrected chi connectivity index (χ0v) is 6.75. The van der Waals surface area contributed by atoms with Crippen molar-refractivity contribution in [2.75, 3.05) is 0 Å². The first-order valence-corrected chi connectivity index (χ1v) is 4.56. The minimum absolute atomic E-state index is 0.308. The molecule has 0 aromatic carbocycles. The molecule has 2 aliphatic rings. The van der Waals surface area contributed by atoms with Crippen LogP contribution in [0, 0.1) is 11.8 Å². The van der Waals surface area contributed by atoms with Crippen LogP contribution in [0.5, 0.6) is 0 Å². The van der Waals surface area contributed by atoms with Gasteiger partial charge < -0.3 is 5.73 Å². The Hall–Kier alpha value is -0.370. The van der Waals surface area contributed by atoms with Gasteiger partial charge >= 0.3 is 0 Å². The number of ketones is 1. The van der Waals surface area contributed by atoms with Gasteiger partial charge in [0.15, 0.2) is 0 Å². The molecular formula is C9H15NO. The molecule has 2 nitrogen and oxygen atoms in total. The molecule has 2 bridgehead atoms. The van der Waals surface area contributed by atoms with E-state index in [0.29, 0.717) is 23.7 Å². The van der Waals surface area contributed by atoms with Gasteiger partial charge in [-0.3, -0.25) is 4.79 Å². The van der Waals surface area contributed by atoms with E-state index in [2.05, 4.69) is 0 Å². The van der Waals surface area contributed by atoms with Crippen molar-refractivity contribution in [1.29, 1.82) is 0 Å². The zero-order chi connectivity index (χ0) is 7.84. The van der Waals surface area contributed by atoms with Crippen LogP contribution in [0.4, 0.5) is 0 Å². The third kappa shape index (κ3) is 1.20. The summed E-state index contributed by atoms with van der Waals surface area (Å²) in [7, 11) is 0. The smallest absolute Gasteiger partial charge is 0.139 e. The average Bonchev–Trinajstić information content (AvgIpc) is 1.92. The van der Waals surface area contributed by atoms with E-state index >= 15 is 0 Å². The van der Waals surface area contributed by atoms with Crippen LogP contribution in [0.25, 0.3) is 0 Å². The van der Waals surface area contributed by atoms with Crippen LogP contribution in [-0.2, 0) is 4.79 Å². The number of Topliss-reactive ketones (excluding diaryl/α,β-unsaturated/α-hetero) is 1. The molecule has 0 aliphatic heterocycles. The minimum Gasteiger partial charge on any atom is -0.328 e. The minimum atomic E-state index is 0.308. The molecule has 2 heteroatoms. The van der Waals surface area contributed by atoms with Gasteiger partial charge in [0.25, 0.3) is 0 Å². The second-order valence-electron chi connectivity index (χ2n) is 3.96. The third-order valence-electron chi connectivity index (χ3n) is 3.08. The van der Waals surface area contributed by atoms with E-state index in [1.165, 1.54) is 6.42 Å². The van der Waals surface area contributed by atoms with E-state index in [4.69, 9.17) is 5.73 Å². The highest BCUT2D eigenvalue weighted by atomic mass is 16.1. The lowest BCUT2D eigenvalue weighted by Crippen LogP contribution is -2.42. The molecule has 2 aliphatic carbocycles. The van der Waals surface area contributed by atoms with Gasteiger partial charge in [0, 0.05) is 17.9 Å². The van der Waals surface area contributed by atoms with E-state index in [-0.39, 0.29) is 0 Å². The van der Waals surface area contributed by atoms with Crippen LogP contribution in [0.15, 0.2) is 0 Å². The van der Waals surface area contributed by atoms with Crippen molar-refractivity contribution in [2.45, 2.75) is 38.1 Å². The maximum Gasteiger partial charge on any atom is 0.139 e. The summed E-state index contributed by atoms with van der Waals surface area (Å²) >= 11 is 0. The summed E-state index contributed by atoms with van der Waals surface area (Å²) in [4.78, 5) is 11.5. The van der Waals surface area contributed by atoms with Crippen molar-refractivity contribution >= 4 is 5.78 Å². The summed E-state index contributed by atoms with van der Waals surface area (Å²) in [6, 6.07) is 0.308. The van der Waals surface area contributed by atoms with Gasteiger partial charge in [-0.2, -0.15) is 0 Å². The lowest BCUT2D eigenvalue weighted by molar-refractivity contribution is -0.132. The summed E-state index contributed by atoms with van der Waals surface area (Å²) < 4.78 is 0. The number of nitrogens with two attached hydrogens (primary N) is 1. The molecule has 0 aromatic rings. The van der Waals surface area contributed by atoms with Crippen LogP contribution in [0.1, 0.15) is 32.1 Å². The highest BCUT2D eigenvalue weighted by Gasteiger charge is 2.37. The zero-order valence-electron chi connectivity index (χ0n) is 6.75. The molecule has 0 spiro atoms. The van der Waals surface area contributed by atoms with E-state index < -0.39 is 0 Å². The lowest BCUT2D eigenvalue weighted by atomic mass is 9.70. The van der Waals surface area contributed by atoms with Crippen molar-refractivity contribution < 1.29 is 4.79 Å². The molecule has 0 saturated heterocycles. The summed E-state index contributed by atoms with van der Waals surface area (Å²) in [6.07, 6.45) is 5.35. The van der Waals surface area contributed by atoms with Gasteiger partial charge in [-0.15, -0.1) is 0 Å². The largest absolute Gasteiger partial charge is 0.328 e. The molecule has 2 saturated carbocycles. The van der Waals surface area contributed by atoms with Gasteiger partial charge in [-0.1, -0.05) is 6.42 Å². The predicted octanol–water partition coefficient (Wildman–Crippen LogP) is 1.09. The fourth-order valence-electron chi connectivity index (χ4n) is 2.52. The normalized spacial score (nSPS) is 44.1. The number of carbonyl (C=O) groups excluding carboxylic acids is 1. The monoisotopic (exact) mass is 153 g/mol. The molecule has 2 fully saturated rings. The standard InChI is InChI=1S/C9H15NO/c10-8-4-6-2-1-3-7(5-8)9(6)11/h6-8H,1-5,10H2/t6-,7-/m1/s1. The third-order valence-corrected chi connectivity index (χ3v) is 3.08. The Morgan fingerprint density at radius 1 is 1.18 bits per heavy atom. The van der Waals surface area contributed by atoms with Crippen LogP contribution in [-0.4, -0.2) is 11.8 Å². The topological polar surface area (TPSA) is 43.1 Å². The maximum absolute atomic E-state index is 11.5. The molecular weight excluding hydrogens is 138 g/mol. The van der Waals surface area contributed by atoms with Crippen LogP contribution in [0.3, 0.4) is 0 Å². The van der Waals surface area contributed by atoms with Crippen molar-refractivity contribution in [2.24, 2.45) is 17.6 Å². The van der Waals surface area contributed by atoms with Gasteiger partial charge in [0.05, 0.1) is 0 Å². The SMILES string of the molecule is NC1C[C@H]2CCC[C@H](C1)C2=O. The number of rotatable bonds is 0. The molecule has 11 heavy (non-hydrogen) atoms. The Bertz CT molecular complexity index is 162. The second kappa shape index (κ2) is 2.59. The molecule has 2 N–H and O–H groups in total. The van der Waals surface area contributed by atoms with E-state index in [1.807, 2.05) is 0 Å². The first kappa shape index (κ1) is 7.29. The number of carbonyl (C=O) groups is 1. The average molecular weight is 153 g/mol. The summed E-state index contributed by atoms with van der Waals surface area (Å²) in [5.74, 6) is 1.17.